The van der Waals surface area contributed by atoms with Gasteiger partial charge in [0, 0.05) is 9.75 Å². The molecule has 2 saturated heterocycles. The number of fused-ring (bicyclic) bond motifs is 2. The molecule has 4 aromatic rings. The van der Waals surface area contributed by atoms with Crippen molar-refractivity contribution in [3.63, 3.8) is 0 Å². The maximum absolute atomic E-state index is 10.7. The van der Waals surface area contributed by atoms with E-state index in [-0.39, 0.29) is 0 Å². The van der Waals surface area contributed by atoms with E-state index < -0.39 is 19.8 Å². The number of piperidine rings is 2. The van der Waals surface area contributed by atoms with Crippen molar-refractivity contribution in [2.45, 2.75) is 51.4 Å². The molecule has 0 aliphatic carbocycles. The maximum Gasteiger partial charge on any atom is 0.466 e. The van der Waals surface area contributed by atoms with Crippen LogP contribution in [0.4, 0.5) is 5.69 Å². The van der Waals surface area contributed by atoms with E-state index in [0.717, 1.165) is 35.5 Å². The summed E-state index contributed by atoms with van der Waals surface area (Å²) >= 11 is 3.66. The van der Waals surface area contributed by atoms with Gasteiger partial charge in [0.25, 0.3) is 0 Å². The van der Waals surface area contributed by atoms with Gasteiger partial charge >= 0.3 is 19.8 Å². The molecule has 0 atom stereocenters. The number of benzene rings is 2. The van der Waals surface area contributed by atoms with E-state index in [0.29, 0.717) is 11.8 Å². The van der Waals surface area contributed by atoms with Crippen molar-refractivity contribution in [1.82, 2.24) is 9.80 Å². The van der Waals surface area contributed by atoms with E-state index in [4.69, 9.17) is 39.0 Å². The number of anilines is 1. The Bertz CT molecular complexity index is 1800. The summed E-state index contributed by atoms with van der Waals surface area (Å²) in [6, 6.07) is 19.0. The first-order chi connectivity index (χ1) is 23.8. The summed E-state index contributed by atoms with van der Waals surface area (Å²) < 4.78 is 11.2. The van der Waals surface area contributed by atoms with E-state index >= 15 is 0 Å². The lowest BCUT2D eigenvalue weighted by Gasteiger charge is -2.30. The Morgan fingerprint density at radius 1 is 0.840 bits per heavy atom. The highest BCUT2D eigenvalue weighted by Gasteiger charge is 2.23. The molecule has 16 heteroatoms. The molecule has 270 valence electrons. The Labute approximate surface area is 298 Å². The Kier molecular flexibility index (Phi) is 16.0. The van der Waals surface area contributed by atoms with Crippen molar-refractivity contribution < 1.29 is 43.8 Å². The average Bonchev–Trinajstić information content (AvgIpc) is 3.74. The fourth-order valence-corrected chi connectivity index (χ4v) is 8.50. The molecule has 0 bridgehead atoms. The normalized spacial score (nSPS) is 15.8. The van der Waals surface area contributed by atoms with Crippen LogP contribution in [-0.2, 0) is 18.9 Å². The van der Waals surface area contributed by atoms with Crippen molar-refractivity contribution in [3.05, 3.63) is 63.8 Å². The largest absolute Gasteiger partial charge is 0.473 e. The van der Waals surface area contributed by atoms with E-state index in [9.17, 15) is 10.1 Å². The number of nitrogens with zero attached hydrogens (tertiary/aromatic N) is 3. The Balaban J connectivity index is 0.000000210. The smallest absolute Gasteiger partial charge is 0.466 e. The molecule has 6 rings (SSSR count). The van der Waals surface area contributed by atoms with Gasteiger partial charge in [0.2, 0.25) is 6.41 Å². The molecule has 4 heterocycles. The molecule has 2 aromatic carbocycles. The lowest BCUT2D eigenvalue weighted by atomic mass is 9.95. The van der Waals surface area contributed by atoms with Gasteiger partial charge in [-0.25, -0.2) is 14.2 Å². The number of likely N-dealkylation sites (tertiary alicyclic amines) is 2. The zero-order valence-corrected chi connectivity index (χ0v) is 30.4. The molecule has 0 spiro atoms. The quantitative estimate of drug-likeness (QED) is 0.0777. The number of hydrogen-bond donors (Lipinski definition) is 6. The zero-order valence-electron chi connectivity index (χ0n) is 27.9. The molecule has 2 fully saturated rings. The first-order valence-electron chi connectivity index (χ1n) is 16.1. The summed E-state index contributed by atoms with van der Waals surface area (Å²) in [6.07, 6.45) is 5.76. The topological polar surface area (TPSA) is 212 Å². The van der Waals surface area contributed by atoms with E-state index in [2.05, 4.69) is 59.3 Å². The Hall–Kier alpha value is -3.71. The number of carbonyl (C=O) groups is 3. The molecule has 50 heavy (non-hydrogen) atoms. The van der Waals surface area contributed by atoms with Crippen LogP contribution in [0, 0.1) is 11.3 Å². The summed E-state index contributed by atoms with van der Waals surface area (Å²) in [5.41, 5.74) is 1.75. The molecule has 1 amide bonds. The lowest BCUT2D eigenvalue weighted by molar-refractivity contribution is -0.159. The van der Waals surface area contributed by atoms with Crippen LogP contribution in [0.15, 0.2) is 48.5 Å². The third-order valence-corrected chi connectivity index (χ3v) is 11.2. The number of nitrogens with one attached hydrogen (secondary N) is 1. The highest BCUT2D eigenvalue weighted by molar-refractivity contribution is 7.45. The van der Waals surface area contributed by atoms with Crippen LogP contribution in [0.2, 0.25) is 0 Å². The second kappa shape index (κ2) is 19.6. The monoisotopic (exact) mass is 746 g/mol. The lowest BCUT2D eigenvalue weighted by Crippen LogP contribution is -2.32. The minimum absolute atomic E-state index is 0.680. The van der Waals surface area contributed by atoms with Crippen LogP contribution in [0.3, 0.4) is 0 Å². The number of phosphoric acid groups is 1. The number of amides is 1. The number of hydrogen-bond acceptors (Lipinski definition) is 9. The van der Waals surface area contributed by atoms with Gasteiger partial charge in [-0.15, -0.1) is 22.7 Å². The average molecular weight is 747 g/mol. The predicted octanol–water partition coefficient (Wildman–Crippen LogP) is 5.87. The third-order valence-electron chi connectivity index (χ3n) is 8.52. The maximum atomic E-state index is 10.7. The van der Waals surface area contributed by atoms with Crippen molar-refractivity contribution in [1.29, 1.82) is 5.26 Å². The van der Waals surface area contributed by atoms with Crippen LogP contribution in [0.5, 0.6) is 0 Å². The molecule has 2 aliphatic heterocycles. The van der Waals surface area contributed by atoms with Gasteiger partial charge < -0.3 is 40.0 Å². The first-order valence-corrected chi connectivity index (χ1v) is 19.3. The van der Waals surface area contributed by atoms with Gasteiger partial charge in [0.15, 0.2) is 0 Å². The second-order valence-electron chi connectivity index (χ2n) is 11.7. The molecule has 13 nitrogen and oxygen atoms in total. The van der Waals surface area contributed by atoms with Crippen LogP contribution < -0.4 is 5.32 Å². The number of rotatable bonds is 6. The molecule has 0 radical (unpaired) electrons. The molecular formula is C34H43N4O9PS2. The highest BCUT2D eigenvalue weighted by Crippen LogP contribution is 2.40. The van der Waals surface area contributed by atoms with Gasteiger partial charge in [-0.2, -0.15) is 5.26 Å². The van der Waals surface area contributed by atoms with Gasteiger partial charge in [-0.05, 0) is 112 Å². The Morgan fingerprint density at radius 2 is 1.26 bits per heavy atom. The zero-order chi connectivity index (χ0) is 36.8. The predicted molar refractivity (Wildman–Crippen MR) is 196 cm³/mol. The number of carboxylic acid groups (broad SMARTS) is 2. The Morgan fingerprint density at radius 3 is 1.66 bits per heavy atom. The molecular weight excluding hydrogens is 704 g/mol. The summed E-state index contributed by atoms with van der Waals surface area (Å²) in [7, 11) is -4.64. The first kappa shape index (κ1) is 40.7. The summed E-state index contributed by atoms with van der Waals surface area (Å²) in [6.45, 7) is 11.6. The minimum Gasteiger partial charge on any atom is -0.473 e. The fourth-order valence-electron chi connectivity index (χ4n) is 5.90. The van der Waals surface area contributed by atoms with Crippen LogP contribution in [0.1, 0.15) is 66.7 Å². The molecule has 0 saturated carbocycles. The molecule has 6 N–H and O–H groups in total. The van der Waals surface area contributed by atoms with Gasteiger partial charge in [0.1, 0.15) is 6.07 Å². The van der Waals surface area contributed by atoms with Crippen molar-refractivity contribution in [3.8, 4) is 6.07 Å². The number of carbonyl (C=O) groups excluding carboxylic acids is 1. The van der Waals surface area contributed by atoms with Crippen molar-refractivity contribution in [2.75, 3.05) is 44.6 Å². The van der Waals surface area contributed by atoms with E-state index in [1.807, 2.05) is 46.9 Å². The van der Waals surface area contributed by atoms with Crippen molar-refractivity contribution >= 4 is 74.7 Å². The van der Waals surface area contributed by atoms with Crippen LogP contribution >= 0.6 is 30.5 Å². The van der Waals surface area contributed by atoms with Crippen molar-refractivity contribution in [2.24, 2.45) is 0 Å². The number of nitriles is 1. The highest BCUT2D eigenvalue weighted by atomic mass is 32.1. The third kappa shape index (κ3) is 12.6. The fraction of sp³-hybridized carbons (Fsp3) is 0.412. The van der Waals surface area contributed by atoms with Crippen LogP contribution in [0.25, 0.3) is 20.2 Å². The minimum atomic E-state index is -4.64. The summed E-state index contributed by atoms with van der Waals surface area (Å²) in [5, 5.41) is 29.2. The van der Waals surface area contributed by atoms with Crippen LogP contribution in [-0.4, -0.2) is 92.3 Å². The molecule has 2 aromatic heterocycles. The van der Waals surface area contributed by atoms with Gasteiger partial charge in [-0.3, -0.25) is 4.79 Å². The van der Waals surface area contributed by atoms with Gasteiger partial charge in [0.05, 0.1) is 20.7 Å². The number of thiophene rings is 2. The summed E-state index contributed by atoms with van der Waals surface area (Å²) in [5.74, 6) is -2.28. The molecule has 2 aliphatic rings. The number of aliphatic carboxylic acids is 2. The van der Waals surface area contributed by atoms with Gasteiger partial charge in [-0.1, -0.05) is 38.1 Å². The van der Waals surface area contributed by atoms with E-state index in [1.54, 1.807) is 0 Å². The SMILES string of the molecule is CCN1CCC(c2cc3cccc(C#N)c3s2)CC1.CCN1CCC(c2cc3cccc(NC=O)c3s2)CC1.O=C(O)C(=O)O.O=P(O)(O)O. The second-order valence-corrected chi connectivity index (χ2v) is 14.9. The molecule has 0 unspecified atom stereocenters. The number of carboxylic acids is 2. The van der Waals surface area contributed by atoms with E-state index in [1.165, 1.54) is 77.1 Å². The standard InChI is InChI=1S/C16H20N2OS.C16H18N2S.C2H2O4.H3O4P/c1-2-18-8-6-12(7-9-18)15-10-13-4-3-5-14(17-11-19)16(13)20-15;1-2-18-8-6-12(7-9-18)15-10-13-4-3-5-14(11-17)16(13)19-15;3-1(4)2(5)6;1-5(2,3)4/h3-5,10-12H,2,6-9H2,1H3,(H,17,19);3-5,10,12H,2,6-9H2,1H3;(H,3,4)(H,5,6);(H3,1,2,3,4). The summed E-state index contributed by atoms with van der Waals surface area (Å²) in [4.78, 5) is 58.4.